The molecule has 0 saturated carbocycles. The molecule has 0 unspecified atom stereocenters. The summed E-state index contributed by atoms with van der Waals surface area (Å²) in [5, 5.41) is 2.93. The van der Waals surface area contributed by atoms with E-state index in [2.05, 4.69) is 10.2 Å². The summed E-state index contributed by atoms with van der Waals surface area (Å²) >= 11 is 0. The second kappa shape index (κ2) is 6.79. The fourth-order valence-electron chi connectivity index (χ4n) is 2.71. The third-order valence-electron chi connectivity index (χ3n) is 3.99. The fraction of sp³-hybridized carbons (Fsp3) is 0.278. The second-order valence-corrected chi connectivity index (χ2v) is 5.71. The molecule has 1 heterocycles. The van der Waals surface area contributed by atoms with Crippen LogP contribution in [0, 0.1) is 5.82 Å². The van der Waals surface area contributed by atoms with Crippen molar-refractivity contribution in [1.29, 1.82) is 0 Å². The van der Waals surface area contributed by atoms with Gasteiger partial charge in [-0.05, 0) is 75.0 Å². The standard InChI is InChI=1S/C18H19FN2O2/c1-21-12-2-3-17(21)18(22)20-14-6-10-16(11-7-14)23-15-8-4-13(19)5-9-15/h4-11,17H,2-3,12H2,1H3,(H,20,22)/t17-/m0/s1. The lowest BCUT2D eigenvalue weighted by atomic mass is 10.2. The second-order valence-electron chi connectivity index (χ2n) is 5.71. The Labute approximate surface area is 134 Å². The van der Waals surface area contributed by atoms with Gasteiger partial charge in [0.25, 0.3) is 0 Å². The molecular formula is C18H19FN2O2. The number of hydrogen-bond acceptors (Lipinski definition) is 3. The Hall–Kier alpha value is -2.40. The average molecular weight is 314 g/mol. The average Bonchev–Trinajstić information content (AvgIpc) is 2.98. The number of nitrogens with one attached hydrogen (secondary N) is 1. The minimum Gasteiger partial charge on any atom is -0.457 e. The number of ether oxygens (including phenoxy) is 1. The minimum absolute atomic E-state index is 0.0252. The van der Waals surface area contributed by atoms with Crippen LogP contribution >= 0.6 is 0 Å². The number of likely N-dealkylation sites (tertiary alicyclic amines) is 1. The van der Waals surface area contributed by atoms with Crippen molar-refractivity contribution >= 4 is 11.6 Å². The van der Waals surface area contributed by atoms with Crippen LogP contribution in [-0.4, -0.2) is 30.4 Å². The van der Waals surface area contributed by atoms with E-state index in [9.17, 15) is 9.18 Å². The number of nitrogens with zero attached hydrogens (tertiary/aromatic N) is 1. The molecule has 0 radical (unpaired) electrons. The molecule has 120 valence electrons. The fourth-order valence-corrected chi connectivity index (χ4v) is 2.71. The number of carbonyl (C=O) groups excluding carboxylic acids is 1. The van der Waals surface area contributed by atoms with Gasteiger partial charge in [0.15, 0.2) is 0 Å². The van der Waals surface area contributed by atoms with Crippen LogP contribution < -0.4 is 10.1 Å². The van der Waals surface area contributed by atoms with Crippen molar-refractivity contribution in [2.45, 2.75) is 18.9 Å². The number of carbonyl (C=O) groups is 1. The molecule has 0 aromatic heterocycles. The first-order valence-corrected chi connectivity index (χ1v) is 7.66. The van der Waals surface area contributed by atoms with Gasteiger partial charge in [0.2, 0.25) is 5.91 Å². The highest BCUT2D eigenvalue weighted by Gasteiger charge is 2.27. The maximum atomic E-state index is 12.9. The Morgan fingerprint density at radius 2 is 1.74 bits per heavy atom. The number of benzene rings is 2. The molecule has 1 amide bonds. The van der Waals surface area contributed by atoms with E-state index >= 15 is 0 Å². The molecule has 0 aliphatic carbocycles. The predicted octanol–water partition coefficient (Wildman–Crippen LogP) is 3.65. The molecule has 2 aromatic rings. The molecular weight excluding hydrogens is 295 g/mol. The van der Waals surface area contributed by atoms with Crippen molar-refractivity contribution in [3.8, 4) is 11.5 Å². The van der Waals surface area contributed by atoms with Crippen LogP contribution in [0.25, 0.3) is 0 Å². The van der Waals surface area contributed by atoms with E-state index in [1.54, 1.807) is 36.4 Å². The van der Waals surface area contributed by atoms with Gasteiger partial charge in [-0.25, -0.2) is 4.39 Å². The predicted molar refractivity (Wildman–Crippen MR) is 87.2 cm³/mol. The van der Waals surface area contributed by atoms with Gasteiger partial charge in [-0.1, -0.05) is 0 Å². The molecule has 1 fully saturated rings. The topological polar surface area (TPSA) is 41.6 Å². The number of anilines is 1. The molecule has 1 aliphatic rings. The first kappa shape index (κ1) is 15.5. The largest absolute Gasteiger partial charge is 0.457 e. The highest BCUT2D eigenvalue weighted by Crippen LogP contribution is 2.24. The zero-order valence-electron chi connectivity index (χ0n) is 13.0. The quantitative estimate of drug-likeness (QED) is 0.936. The van der Waals surface area contributed by atoms with E-state index in [0.29, 0.717) is 11.5 Å². The molecule has 3 rings (SSSR count). The Morgan fingerprint density at radius 1 is 1.13 bits per heavy atom. The molecule has 1 atom stereocenters. The summed E-state index contributed by atoms with van der Waals surface area (Å²) in [4.78, 5) is 14.3. The van der Waals surface area contributed by atoms with E-state index in [-0.39, 0.29) is 17.8 Å². The van der Waals surface area contributed by atoms with Gasteiger partial charge in [0.05, 0.1) is 6.04 Å². The summed E-state index contributed by atoms with van der Waals surface area (Å²) in [5.41, 5.74) is 0.738. The number of hydrogen-bond donors (Lipinski definition) is 1. The smallest absolute Gasteiger partial charge is 0.241 e. The number of amides is 1. The Balaban J connectivity index is 1.60. The summed E-state index contributed by atoms with van der Waals surface area (Å²) in [7, 11) is 1.97. The molecule has 0 bridgehead atoms. The maximum Gasteiger partial charge on any atom is 0.241 e. The first-order valence-electron chi connectivity index (χ1n) is 7.66. The van der Waals surface area contributed by atoms with Crippen LogP contribution in [0.15, 0.2) is 48.5 Å². The van der Waals surface area contributed by atoms with Crippen molar-refractivity contribution < 1.29 is 13.9 Å². The van der Waals surface area contributed by atoms with Crippen LogP contribution in [-0.2, 0) is 4.79 Å². The van der Waals surface area contributed by atoms with E-state index in [4.69, 9.17) is 4.74 Å². The minimum atomic E-state index is -0.299. The van der Waals surface area contributed by atoms with Crippen molar-refractivity contribution in [2.24, 2.45) is 0 Å². The lowest BCUT2D eigenvalue weighted by Gasteiger charge is -2.18. The highest BCUT2D eigenvalue weighted by molar-refractivity contribution is 5.95. The third kappa shape index (κ3) is 3.87. The molecule has 0 spiro atoms. The third-order valence-corrected chi connectivity index (χ3v) is 3.99. The molecule has 2 aromatic carbocycles. The normalized spacial score (nSPS) is 17.9. The van der Waals surface area contributed by atoms with E-state index in [1.165, 1.54) is 12.1 Å². The molecule has 4 nitrogen and oxygen atoms in total. The molecule has 5 heteroatoms. The van der Waals surface area contributed by atoms with Crippen molar-refractivity contribution in [3.05, 3.63) is 54.3 Å². The molecule has 1 aliphatic heterocycles. The van der Waals surface area contributed by atoms with Crippen LogP contribution in [0.3, 0.4) is 0 Å². The number of halogens is 1. The highest BCUT2D eigenvalue weighted by atomic mass is 19.1. The van der Waals surface area contributed by atoms with Gasteiger partial charge in [-0.15, -0.1) is 0 Å². The molecule has 23 heavy (non-hydrogen) atoms. The van der Waals surface area contributed by atoms with E-state index < -0.39 is 0 Å². The van der Waals surface area contributed by atoms with Crippen molar-refractivity contribution in [1.82, 2.24) is 4.90 Å². The summed E-state index contributed by atoms with van der Waals surface area (Å²) in [6.07, 6.45) is 1.95. The zero-order chi connectivity index (χ0) is 16.2. The van der Waals surface area contributed by atoms with Gasteiger partial charge in [-0.2, -0.15) is 0 Å². The number of likely N-dealkylation sites (N-methyl/N-ethyl adjacent to an activating group) is 1. The van der Waals surface area contributed by atoms with Crippen LogP contribution in [0.5, 0.6) is 11.5 Å². The lowest BCUT2D eigenvalue weighted by Crippen LogP contribution is -2.37. The number of rotatable bonds is 4. The Bertz CT molecular complexity index is 670. The first-order chi connectivity index (χ1) is 11.1. The van der Waals surface area contributed by atoms with Crippen molar-refractivity contribution in [2.75, 3.05) is 18.9 Å². The van der Waals surface area contributed by atoms with Crippen LogP contribution in [0.2, 0.25) is 0 Å². The molecule has 1 N–H and O–H groups in total. The summed E-state index contributed by atoms with van der Waals surface area (Å²) in [6.45, 7) is 0.961. The van der Waals surface area contributed by atoms with Crippen LogP contribution in [0.4, 0.5) is 10.1 Å². The van der Waals surface area contributed by atoms with Gasteiger partial charge < -0.3 is 10.1 Å². The summed E-state index contributed by atoms with van der Waals surface area (Å²) in [5.74, 6) is 0.924. The van der Waals surface area contributed by atoms with Gasteiger partial charge in [-0.3, -0.25) is 9.69 Å². The maximum absolute atomic E-state index is 12.9. The van der Waals surface area contributed by atoms with E-state index in [1.807, 2.05) is 7.05 Å². The van der Waals surface area contributed by atoms with Gasteiger partial charge in [0, 0.05) is 5.69 Å². The van der Waals surface area contributed by atoms with Crippen molar-refractivity contribution in [3.63, 3.8) is 0 Å². The summed E-state index contributed by atoms with van der Waals surface area (Å²) in [6, 6.07) is 12.9. The Morgan fingerprint density at radius 3 is 2.30 bits per heavy atom. The van der Waals surface area contributed by atoms with Gasteiger partial charge in [0.1, 0.15) is 17.3 Å². The SMILES string of the molecule is CN1CCC[C@H]1C(=O)Nc1ccc(Oc2ccc(F)cc2)cc1. The van der Waals surface area contributed by atoms with Crippen LogP contribution in [0.1, 0.15) is 12.8 Å². The van der Waals surface area contributed by atoms with E-state index in [0.717, 1.165) is 25.1 Å². The summed E-state index contributed by atoms with van der Waals surface area (Å²) < 4.78 is 18.5. The zero-order valence-corrected chi connectivity index (χ0v) is 13.0. The van der Waals surface area contributed by atoms with Gasteiger partial charge >= 0.3 is 0 Å². The molecule has 1 saturated heterocycles. The monoisotopic (exact) mass is 314 g/mol. The lowest BCUT2D eigenvalue weighted by molar-refractivity contribution is -0.119. The Kier molecular flexibility index (Phi) is 4.57.